The highest BCUT2D eigenvalue weighted by molar-refractivity contribution is 7.99. The minimum Gasteiger partial charge on any atom is -0.458 e. The van der Waals surface area contributed by atoms with Crippen molar-refractivity contribution in [2.75, 3.05) is 37.4 Å². The zero-order chi connectivity index (χ0) is 34.4. The highest BCUT2D eigenvalue weighted by Gasteiger charge is 2.34. The van der Waals surface area contributed by atoms with Crippen molar-refractivity contribution in [2.45, 2.75) is 76.6 Å². The second kappa shape index (κ2) is 16.0. The molecule has 1 amide bonds. The van der Waals surface area contributed by atoms with Gasteiger partial charge in [-0.3, -0.25) is 4.79 Å². The van der Waals surface area contributed by atoms with Crippen LogP contribution in [0.25, 0.3) is 11.4 Å². The van der Waals surface area contributed by atoms with Crippen molar-refractivity contribution in [3.63, 3.8) is 0 Å². The third-order valence-corrected chi connectivity index (χ3v) is 11.8. The zero-order valence-corrected chi connectivity index (χ0v) is 30.1. The van der Waals surface area contributed by atoms with Crippen LogP contribution in [0, 0.1) is 23.7 Å². The Labute approximate surface area is 288 Å². The Hall–Kier alpha value is -3.26. The van der Waals surface area contributed by atoms with Crippen LogP contribution in [0.15, 0.2) is 58.6 Å². The van der Waals surface area contributed by atoms with Gasteiger partial charge >= 0.3 is 5.97 Å². The number of hydrogen-bond donors (Lipinski definition) is 1. The first-order valence-electron chi connectivity index (χ1n) is 16.8. The first-order valence-corrected chi connectivity index (χ1v) is 19.2. The van der Waals surface area contributed by atoms with Crippen molar-refractivity contribution in [2.24, 2.45) is 23.7 Å². The Morgan fingerprint density at radius 2 is 1.79 bits per heavy atom. The maximum atomic E-state index is 13.4. The average Bonchev–Trinajstić information content (AvgIpc) is 3.45. The summed E-state index contributed by atoms with van der Waals surface area (Å²) in [5.74, 6) is 1.27. The normalized spacial score (nSPS) is 20.6. The van der Waals surface area contributed by atoms with Crippen LogP contribution < -0.4 is 5.32 Å². The fourth-order valence-electron chi connectivity index (χ4n) is 6.41. The first-order chi connectivity index (χ1) is 22.9. The number of benzene rings is 2. The highest BCUT2D eigenvalue weighted by atomic mass is 32.2. The second-order valence-corrected chi connectivity index (χ2v) is 16.4. The molecule has 48 heavy (non-hydrogen) atoms. The number of rotatable bonds is 12. The summed E-state index contributed by atoms with van der Waals surface area (Å²) in [6, 6.07) is 13.7. The first kappa shape index (κ1) is 36.0. The standard InChI is InChI=1S/C35H47N5O6S2/c1-23(2)21-40-33(26-9-8-10-27(20-26)48(43,44)39-15-17-45-18-16-39)37-38-35(40)47-22-32(41)36-30-12-7-6-11-29(30)34(42)46-31-19-25(5)13-14-28(31)24(3)4/h6-12,20,23-25,28,31H,13-19,21-22H2,1-5H3,(H,36,41). The highest BCUT2D eigenvalue weighted by Crippen LogP contribution is 2.36. The Kier molecular flexibility index (Phi) is 12.0. The minimum absolute atomic E-state index is 0.0284. The Bertz CT molecular complexity index is 1690. The van der Waals surface area contributed by atoms with Gasteiger partial charge in [-0.15, -0.1) is 10.2 Å². The largest absolute Gasteiger partial charge is 0.458 e. The van der Waals surface area contributed by atoms with E-state index in [0.717, 1.165) is 19.3 Å². The number of hydrogen-bond acceptors (Lipinski definition) is 9. The fraction of sp³-hybridized carbons (Fsp3) is 0.543. The lowest BCUT2D eigenvalue weighted by Crippen LogP contribution is -2.40. The van der Waals surface area contributed by atoms with E-state index < -0.39 is 16.0 Å². The van der Waals surface area contributed by atoms with E-state index in [1.807, 2.05) is 10.6 Å². The van der Waals surface area contributed by atoms with Gasteiger partial charge in [0.25, 0.3) is 0 Å². The zero-order valence-electron chi connectivity index (χ0n) is 28.4. The number of thioether (sulfide) groups is 1. The summed E-state index contributed by atoms with van der Waals surface area (Å²) >= 11 is 1.23. The van der Waals surface area contributed by atoms with Gasteiger partial charge < -0.3 is 19.4 Å². The topological polar surface area (TPSA) is 133 Å². The van der Waals surface area contributed by atoms with Crippen LogP contribution in [0.3, 0.4) is 0 Å². The number of carbonyl (C=O) groups is 2. The molecule has 0 bridgehead atoms. The molecule has 3 atom stereocenters. The summed E-state index contributed by atoms with van der Waals surface area (Å²) in [5, 5.41) is 12.2. The molecule has 3 unspecified atom stereocenters. The molecular weight excluding hydrogens is 651 g/mol. The van der Waals surface area contributed by atoms with E-state index >= 15 is 0 Å². The number of para-hydroxylation sites is 1. The minimum atomic E-state index is -3.70. The number of aromatic nitrogens is 3. The lowest BCUT2D eigenvalue weighted by molar-refractivity contribution is -0.113. The van der Waals surface area contributed by atoms with Gasteiger partial charge in [0.2, 0.25) is 15.9 Å². The number of ether oxygens (including phenoxy) is 2. The summed E-state index contributed by atoms with van der Waals surface area (Å²) < 4.78 is 41.4. The van der Waals surface area contributed by atoms with E-state index in [4.69, 9.17) is 9.47 Å². The van der Waals surface area contributed by atoms with Gasteiger partial charge in [-0.2, -0.15) is 4.31 Å². The maximum Gasteiger partial charge on any atom is 0.340 e. The molecule has 0 spiro atoms. The quantitative estimate of drug-likeness (QED) is 0.180. The van der Waals surface area contributed by atoms with Gasteiger partial charge in [-0.25, -0.2) is 13.2 Å². The summed E-state index contributed by atoms with van der Waals surface area (Å²) in [7, 11) is -3.70. The van der Waals surface area contributed by atoms with Gasteiger partial charge in [-0.1, -0.05) is 77.1 Å². The van der Waals surface area contributed by atoms with Crippen molar-refractivity contribution >= 4 is 39.3 Å². The maximum absolute atomic E-state index is 13.4. The second-order valence-electron chi connectivity index (χ2n) is 13.5. The predicted octanol–water partition coefficient (Wildman–Crippen LogP) is 5.97. The molecule has 1 aliphatic heterocycles. The molecule has 0 radical (unpaired) electrons. The number of morpholine rings is 1. The number of esters is 1. The molecular formula is C35H47N5O6S2. The third-order valence-electron chi connectivity index (χ3n) is 8.94. The number of nitrogens with zero attached hydrogens (tertiary/aromatic N) is 4. The molecule has 5 rings (SSSR count). The number of sulfonamides is 1. The lowest BCUT2D eigenvalue weighted by atomic mass is 9.75. The van der Waals surface area contributed by atoms with Crippen LogP contribution in [0.2, 0.25) is 0 Å². The average molecular weight is 698 g/mol. The molecule has 260 valence electrons. The Morgan fingerprint density at radius 3 is 2.52 bits per heavy atom. The molecule has 1 aliphatic carbocycles. The van der Waals surface area contributed by atoms with Crippen LogP contribution in [0.4, 0.5) is 5.69 Å². The smallest absolute Gasteiger partial charge is 0.340 e. The molecule has 2 heterocycles. The summed E-state index contributed by atoms with van der Waals surface area (Å²) in [4.78, 5) is 26.8. The van der Waals surface area contributed by atoms with Gasteiger partial charge in [0.1, 0.15) is 6.10 Å². The molecule has 2 aromatic carbocycles. The Balaban J connectivity index is 1.29. The molecule has 1 saturated carbocycles. The van der Waals surface area contributed by atoms with E-state index in [2.05, 4.69) is 50.1 Å². The number of nitrogens with one attached hydrogen (secondary N) is 1. The number of anilines is 1. The molecule has 2 fully saturated rings. The monoisotopic (exact) mass is 697 g/mol. The molecule has 1 N–H and O–H groups in total. The lowest BCUT2D eigenvalue weighted by Gasteiger charge is -2.36. The molecule has 1 aromatic heterocycles. The summed E-state index contributed by atoms with van der Waals surface area (Å²) in [6.07, 6.45) is 2.86. The van der Waals surface area contributed by atoms with Crippen LogP contribution in [-0.2, 0) is 30.8 Å². The van der Waals surface area contributed by atoms with E-state index in [1.165, 1.54) is 16.1 Å². The van der Waals surface area contributed by atoms with E-state index in [-0.39, 0.29) is 28.6 Å². The summed E-state index contributed by atoms with van der Waals surface area (Å²) in [6.45, 7) is 12.6. The van der Waals surface area contributed by atoms with Gasteiger partial charge in [0.15, 0.2) is 11.0 Å². The SMILES string of the molecule is CC(C)Cn1c(SCC(=O)Nc2ccccc2C(=O)OC2CC(C)CCC2C(C)C)nnc1-c1cccc(S(=O)(=O)N2CCOCC2)c1. The van der Waals surface area contributed by atoms with Gasteiger partial charge in [0.05, 0.1) is 35.1 Å². The van der Waals surface area contributed by atoms with E-state index in [1.54, 1.807) is 42.5 Å². The molecule has 13 heteroatoms. The van der Waals surface area contributed by atoms with Gasteiger partial charge in [-0.05, 0) is 60.8 Å². The van der Waals surface area contributed by atoms with Crippen LogP contribution in [-0.4, -0.2) is 77.5 Å². The van der Waals surface area contributed by atoms with E-state index in [9.17, 15) is 18.0 Å². The molecule has 3 aromatic rings. The Morgan fingerprint density at radius 1 is 1.04 bits per heavy atom. The third kappa shape index (κ3) is 8.66. The van der Waals surface area contributed by atoms with Gasteiger partial charge in [0, 0.05) is 25.2 Å². The molecule has 1 saturated heterocycles. The van der Waals surface area contributed by atoms with Crippen molar-refractivity contribution in [3.05, 3.63) is 54.1 Å². The fourth-order valence-corrected chi connectivity index (χ4v) is 8.61. The van der Waals surface area contributed by atoms with Crippen molar-refractivity contribution < 1.29 is 27.5 Å². The predicted molar refractivity (Wildman–Crippen MR) is 186 cm³/mol. The van der Waals surface area contributed by atoms with Crippen molar-refractivity contribution in [1.29, 1.82) is 0 Å². The molecule has 11 nitrogen and oxygen atoms in total. The van der Waals surface area contributed by atoms with Crippen LogP contribution in [0.1, 0.15) is 64.2 Å². The number of carbonyl (C=O) groups excluding carboxylic acids is 2. The number of amides is 1. The summed E-state index contributed by atoms with van der Waals surface area (Å²) in [5.41, 5.74) is 1.35. The van der Waals surface area contributed by atoms with Crippen LogP contribution in [0.5, 0.6) is 0 Å². The van der Waals surface area contributed by atoms with Crippen LogP contribution >= 0.6 is 11.8 Å². The van der Waals surface area contributed by atoms with Crippen molar-refractivity contribution in [3.8, 4) is 11.4 Å². The van der Waals surface area contributed by atoms with Crippen molar-refractivity contribution in [1.82, 2.24) is 19.1 Å². The van der Waals surface area contributed by atoms with E-state index in [0.29, 0.717) is 78.4 Å². The molecule has 2 aliphatic rings.